The van der Waals surface area contributed by atoms with Crippen LogP contribution < -0.4 is 0 Å². The van der Waals surface area contributed by atoms with E-state index in [0.29, 0.717) is 11.7 Å². The lowest BCUT2D eigenvalue weighted by atomic mass is 10.2. The molecule has 0 aliphatic carbocycles. The fraction of sp³-hybridized carbons (Fsp3) is 0.389. The number of carbonyl (C=O) groups is 1. The van der Waals surface area contributed by atoms with E-state index < -0.39 is 17.7 Å². The van der Waals surface area contributed by atoms with Gasteiger partial charge in [-0.1, -0.05) is 36.4 Å². The highest BCUT2D eigenvalue weighted by Crippen LogP contribution is 2.26. The highest BCUT2D eigenvalue weighted by atomic mass is 32.1. The topological polar surface area (TPSA) is 59.0 Å². The molecular weight excluding hydrogens is 326 g/mol. The molecule has 1 atom stereocenters. The average Bonchev–Trinajstić information content (AvgIpc) is 3.04. The molecule has 0 saturated carbocycles. The Labute approximate surface area is 146 Å². The molecule has 0 aliphatic heterocycles. The molecule has 130 valence electrons. The van der Waals surface area contributed by atoms with Gasteiger partial charge in [-0.2, -0.15) is 5.06 Å². The van der Waals surface area contributed by atoms with Crippen molar-refractivity contribution in [2.75, 3.05) is 6.61 Å². The Morgan fingerprint density at radius 2 is 1.92 bits per heavy atom. The summed E-state index contributed by atoms with van der Waals surface area (Å²) in [6.45, 7) is 5.84. The van der Waals surface area contributed by atoms with Gasteiger partial charge in [-0.3, -0.25) is 5.21 Å². The van der Waals surface area contributed by atoms with Gasteiger partial charge in [0.2, 0.25) is 0 Å². The molecule has 1 unspecified atom stereocenters. The maximum absolute atomic E-state index is 12.1. The normalized spacial score (nSPS) is 12.7. The van der Waals surface area contributed by atoms with Crippen LogP contribution in [-0.2, 0) is 16.1 Å². The molecule has 0 saturated heterocycles. The minimum Gasteiger partial charge on any atom is -0.442 e. The van der Waals surface area contributed by atoms with Crippen molar-refractivity contribution in [3.63, 3.8) is 0 Å². The lowest BCUT2D eigenvalue weighted by molar-refractivity contribution is -0.136. The van der Waals surface area contributed by atoms with Crippen LogP contribution in [0.5, 0.6) is 0 Å². The van der Waals surface area contributed by atoms with E-state index in [4.69, 9.17) is 9.47 Å². The zero-order valence-corrected chi connectivity index (χ0v) is 15.0. The van der Waals surface area contributed by atoms with Gasteiger partial charge in [0.1, 0.15) is 11.6 Å². The van der Waals surface area contributed by atoms with Gasteiger partial charge in [0, 0.05) is 4.88 Å². The van der Waals surface area contributed by atoms with Crippen LogP contribution in [-0.4, -0.2) is 28.6 Å². The van der Waals surface area contributed by atoms with Crippen LogP contribution in [0.2, 0.25) is 0 Å². The summed E-state index contributed by atoms with van der Waals surface area (Å²) in [5.41, 5.74) is 0.354. The van der Waals surface area contributed by atoms with Crippen molar-refractivity contribution in [2.24, 2.45) is 0 Å². The third kappa shape index (κ3) is 5.63. The zero-order valence-electron chi connectivity index (χ0n) is 14.1. The fourth-order valence-electron chi connectivity index (χ4n) is 2.05. The number of rotatable bonds is 6. The molecule has 1 aromatic heterocycles. The Morgan fingerprint density at radius 1 is 1.21 bits per heavy atom. The van der Waals surface area contributed by atoms with E-state index in [9.17, 15) is 10.0 Å². The summed E-state index contributed by atoms with van der Waals surface area (Å²) in [5.74, 6) is 0. The largest absolute Gasteiger partial charge is 0.442 e. The van der Waals surface area contributed by atoms with E-state index >= 15 is 0 Å². The van der Waals surface area contributed by atoms with Gasteiger partial charge < -0.3 is 9.47 Å². The first-order valence-corrected chi connectivity index (χ1v) is 8.61. The van der Waals surface area contributed by atoms with Crippen LogP contribution >= 0.6 is 11.3 Å². The standard InChI is InChI=1S/C18H23NO4S/c1-18(2,3)23-17(20)19(21)15(16-10-7-11-24-16)13-22-12-14-8-5-4-6-9-14/h4-11,15,21H,12-13H2,1-3H3. The number of ether oxygens (including phenoxy) is 2. The van der Waals surface area contributed by atoms with Gasteiger partial charge in [-0.15, -0.1) is 11.3 Å². The summed E-state index contributed by atoms with van der Waals surface area (Å²) in [6.07, 6.45) is -0.788. The van der Waals surface area contributed by atoms with Crippen LogP contribution in [0.25, 0.3) is 0 Å². The molecule has 0 bridgehead atoms. The van der Waals surface area contributed by atoms with Crippen molar-refractivity contribution in [3.8, 4) is 0 Å². The molecule has 0 radical (unpaired) electrons. The smallest absolute Gasteiger partial charge is 0.434 e. The van der Waals surface area contributed by atoms with Gasteiger partial charge in [-0.05, 0) is 37.8 Å². The Kier molecular flexibility index (Phi) is 6.36. The second-order valence-electron chi connectivity index (χ2n) is 6.36. The maximum Gasteiger partial charge on any atom is 0.434 e. The number of carbonyl (C=O) groups excluding carboxylic acids is 1. The summed E-state index contributed by atoms with van der Waals surface area (Å²) in [5, 5.41) is 12.8. The van der Waals surface area contributed by atoms with Crippen LogP contribution in [0.3, 0.4) is 0 Å². The molecule has 0 spiro atoms. The third-order valence-corrected chi connectivity index (χ3v) is 4.11. The third-order valence-electron chi connectivity index (χ3n) is 3.13. The molecule has 0 fully saturated rings. The quantitative estimate of drug-likeness (QED) is 0.610. The molecule has 1 heterocycles. The number of amides is 1. The number of benzene rings is 1. The molecule has 2 rings (SSSR count). The molecule has 6 heteroatoms. The first-order valence-electron chi connectivity index (χ1n) is 7.73. The van der Waals surface area contributed by atoms with E-state index in [1.165, 1.54) is 11.3 Å². The molecule has 1 N–H and O–H groups in total. The number of thiophene rings is 1. The Hall–Kier alpha value is -1.89. The molecule has 1 amide bonds. The molecule has 24 heavy (non-hydrogen) atoms. The summed E-state index contributed by atoms with van der Waals surface area (Å²) in [4.78, 5) is 13.0. The van der Waals surface area contributed by atoms with Crippen molar-refractivity contribution in [1.82, 2.24) is 5.06 Å². The van der Waals surface area contributed by atoms with Gasteiger partial charge in [0.05, 0.1) is 13.2 Å². The highest BCUT2D eigenvalue weighted by molar-refractivity contribution is 7.10. The molecule has 5 nitrogen and oxygen atoms in total. The van der Waals surface area contributed by atoms with Gasteiger partial charge in [-0.25, -0.2) is 4.79 Å². The molecule has 1 aromatic carbocycles. The Morgan fingerprint density at radius 3 is 2.50 bits per heavy atom. The van der Waals surface area contributed by atoms with Crippen molar-refractivity contribution in [3.05, 3.63) is 58.3 Å². The first kappa shape index (κ1) is 18.4. The summed E-state index contributed by atoms with van der Waals surface area (Å²) < 4.78 is 10.9. The number of nitrogens with zero attached hydrogens (tertiary/aromatic N) is 1. The lowest BCUT2D eigenvalue weighted by Crippen LogP contribution is -2.38. The minimum absolute atomic E-state index is 0.172. The van der Waals surface area contributed by atoms with Crippen molar-refractivity contribution in [2.45, 2.75) is 39.0 Å². The van der Waals surface area contributed by atoms with E-state index in [-0.39, 0.29) is 6.61 Å². The lowest BCUT2D eigenvalue weighted by Gasteiger charge is -2.28. The van der Waals surface area contributed by atoms with Crippen LogP contribution in [0.15, 0.2) is 47.8 Å². The van der Waals surface area contributed by atoms with Crippen LogP contribution in [0, 0.1) is 0 Å². The van der Waals surface area contributed by atoms with Crippen LogP contribution in [0.4, 0.5) is 4.79 Å². The predicted molar refractivity (Wildman–Crippen MR) is 93.0 cm³/mol. The van der Waals surface area contributed by atoms with E-state index in [0.717, 1.165) is 10.4 Å². The second-order valence-corrected chi connectivity index (χ2v) is 7.34. The molecule has 0 aliphatic rings. The molecule has 2 aromatic rings. The minimum atomic E-state index is -0.788. The predicted octanol–water partition coefficient (Wildman–Crippen LogP) is 4.63. The second kappa shape index (κ2) is 8.28. The highest BCUT2D eigenvalue weighted by Gasteiger charge is 2.29. The summed E-state index contributed by atoms with van der Waals surface area (Å²) in [7, 11) is 0. The number of hydrogen-bond donors (Lipinski definition) is 1. The van der Waals surface area contributed by atoms with E-state index in [1.54, 1.807) is 20.8 Å². The number of hydrogen-bond acceptors (Lipinski definition) is 5. The van der Waals surface area contributed by atoms with E-state index in [1.807, 2.05) is 47.8 Å². The van der Waals surface area contributed by atoms with Crippen LogP contribution in [0.1, 0.15) is 37.3 Å². The summed E-state index contributed by atoms with van der Waals surface area (Å²) in [6, 6.07) is 12.9. The van der Waals surface area contributed by atoms with Crippen molar-refractivity contribution in [1.29, 1.82) is 0 Å². The Bertz CT molecular complexity index is 622. The van der Waals surface area contributed by atoms with Crippen molar-refractivity contribution >= 4 is 17.4 Å². The fourth-order valence-corrected chi connectivity index (χ4v) is 2.85. The zero-order chi connectivity index (χ0) is 17.6. The van der Waals surface area contributed by atoms with E-state index in [2.05, 4.69) is 0 Å². The SMILES string of the molecule is CC(C)(C)OC(=O)N(O)C(COCc1ccccc1)c1cccs1. The monoisotopic (exact) mass is 349 g/mol. The van der Waals surface area contributed by atoms with Gasteiger partial charge >= 0.3 is 6.09 Å². The van der Waals surface area contributed by atoms with Crippen molar-refractivity contribution < 1.29 is 19.5 Å². The first-order chi connectivity index (χ1) is 11.4. The maximum atomic E-state index is 12.1. The van der Waals surface area contributed by atoms with Gasteiger partial charge in [0.15, 0.2) is 0 Å². The summed E-state index contributed by atoms with van der Waals surface area (Å²) >= 11 is 1.45. The Balaban J connectivity index is 2.01. The average molecular weight is 349 g/mol. The number of hydroxylamine groups is 2. The van der Waals surface area contributed by atoms with Gasteiger partial charge in [0.25, 0.3) is 0 Å². The molecular formula is C18H23NO4S.